The number of aromatic nitrogens is 1. The van der Waals surface area contributed by atoms with Crippen LogP contribution >= 0.6 is 0 Å². The number of fused-ring (bicyclic) bond motifs is 1. The number of ether oxygens (including phenoxy) is 2. The molecule has 0 spiro atoms. The van der Waals surface area contributed by atoms with E-state index in [2.05, 4.69) is 39.9 Å². The zero-order valence-electron chi connectivity index (χ0n) is 19.4. The van der Waals surface area contributed by atoms with Gasteiger partial charge in [-0.1, -0.05) is 30.3 Å². The van der Waals surface area contributed by atoms with Gasteiger partial charge < -0.3 is 19.1 Å². The van der Waals surface area contributed by atoms with Crippen LogP contribution in [0.15, 0.2) is 54.7 Å². The van der Waals surface area contributed by atoms with Gasteiger partial charge in [0.1, 0.15) is 12.4 Å². The first-order chi connectivity index (χ1) is 16.1. The minimum Gasteiger partial charge on any atom is -0.492 e. The number of hydrogen-bond donors (Lipinski definition) is 1. The molecule has 0 radical (unpaired) electrons. The van der Waals surface area contributed by atoms with Crippen molar-refractivity contribution in [1.82, 2.24) is 9.47 Å². The summed E-state index contributed by atoms with van der Waals surface area (Å²) >= 11 is 0. The summed E-state index contributed by atoms with van der Waals surface area (Å²) < 4.78 is 13.8. The van der Waals surface area contributed by atoms with E-state index in [1.54, 1.807) is 0 Å². The monoisotopic (exact) mass is 450 g/mol. The molecule has 6 heteroatoms. The van der Waals surface area contributed by atoms with Crippen LogP contribution in [0, 0.1) is 0 Å². The minimum absolute atomic E-state index is 0.0421. The number of likely N-dealkylation sites (tertiary alicyclic amines) is 1. The van der Waals surface area contributed by atoms with Gasteiger partial charge in [-0.15, -0.1) is 0 Å². The second-order valence-electron chi connectivity index (χ2n) is 8.67. The average molecular weight is 451 g/mol. The number of para-hydroxylation sites is 1. The largest absolute Gasteiger partial charge is 0.492 e. The van der Waals surface area contributed by atoms with E-state index in [-0.39, 0.29) is 6.42 Å². The third kappa shape index (κ3) is 6.15. The van der Waals surface area contributed by atoms with E-state index < -0.39 is 5.97 Å². The van der Waals surface area contributed by atoms with Gasteiger partial charge in [0.15, 0.2) is 0 Å². The van der Waals surface area contributed by atoms with Gasteiger partial charge in [0.05, 0.1) is 13.0 Å². The molecule has 1 aromatic heterocycles. The number of piperidine rings is 1. The lowest BCUT2D eigenvalue weighted by molar-refractivity contribution is -0.136. The first-order valence-corrected chi connectivity index (χ1v) is 12.0. The number of carboxylic acids is 1. The molecule has 176 valence electrons. The van der Waals surface area contributed by atoms with E-state index in [9.17, 15) is 4.79 Å². The summed E-state index contributed by atoms with van der Waals surface area (Å²) in [6, 6.07) is 16.1. The Balaban J connectivity index is 1.27. The molecular weight excluding hydrogens is 416 g/mol. The molecule has 1 aliphatic heterocycles. The van der Waals surface area contributed by atoms with Gasteiger partial charge in [-0.3, -0.25) is 9.69 Å². The van der Waals surface area contributed by atoms with Crippen LogP contribution in [0.2, 0.25) is 0 Å². The molecule has 2 heterocycles. The number of hydrogen-bond acceptors (Lipinski definition) is 4. The maximum Gasteiger partial charge on any atom is 0.307 e. The third-order valence-corrected chi connectivity index (χ3v) is 6.48. The predicted octanol–water partition coefficient (Wildman–Crippen LogP) is 4.56. The van der Waals surface area contributed by atoms with Crippen LogP contribution in [0.5, 0.6) is 5.75 Å². The molecule has 0 atom stereocenters. The number of benzene rings is 2. The Morgan fingerprint density at radius 2 is 1.79 bits per heavy atom. The van der Waals surface area contributed by atoms with Crippen molar-refractivity contribution in [3.8, 4) is 5.75 Å². The highest BCUT2D eigenvalue weighted by atomic mass is 16.5. The number of rotatable bonds is 11. The minimum atomic E-state index is -0.817. The third-order valence-electron chi connectivity index (χ3n) is 6.48. The van der Waals surface area contributed by atoms with Crippen molar-refractivity contribution in [2.24, 2.45) is 0 Å². The number of carboxylic acid groups (broad SMARTS) is 1. The first kappa shape index (κ1) is 23.3. The van der Waals surface area contributed by atoms with Crippen molar-refractivity contribution < 1.29 is 19.4 Å². The summed E-state index contributed by atoms with van der Waals surface area (Å²) in [6.45, 7) is 8.12. The fourth-order valence-electron chi connectivity index (χ4n) is 4.73. The van der Waals surface area contributed by atoms with Gasteiger partial charge >= 0.3 is 5.97 Å². The average Bonchev–Trinajstić information content (AvgIpc) is 3.19. The van der Waals surface area contributed by atoms with Crippen LogP contribution in [-0.4, -0.2) is 60.0 Å². The molecule has 2 aromatic carbocycles. The Labute approximate surface area is 195 Å². The lowest BCUT2D eigenvalue weighted by atomic mass is 9.89. The van der Waals surface area contributed by atoms with Crippen molar-refractivity contribution in [3.63, 3.8) is 0 Å². The summed E-state index contributed by atoms with van der Waals surface area (Å²) in [5.74, 6) is 0.559. The second-order valence-corrected chi connectivity index (χ2v) is 8.67. The summed E-state index contributed by atoms with van der Waals surface area (Å²) in [4.78, 5) is 13.3. The molecule has 0 amide bonds. The molecule has 4 rings (SSSR count). The Bertz CT molecular complexity index is 1040. The van der Waals surface area contributed by atoms with Gasteiger partial charge in [0, 0.05) is 36.8 Å². The lowest BCUT2D eigenvalue weighted by Crippen LogP contribution is -2.35. The second kappa shape index (κ2) is 11.3. The van der Waals surface area contributed by atoms with Crippen LogP contribution < -0.4 is 4.74 Å². The van der Waals surface area contributed by atoms with Crippen LogP contribution in [0.3, 0.4) is 0 Å². The van der Waals surface area contributed by atoms with Crippen molar-refractivity contribution in [1.29, 1.82) is 0 Å². The highest BCUT2D eigenvalue weighted by Gasteiger charge is 2.23. The van der Waals surface area contributed by atoms with Crippen LogP contribution in [0.1, 0.15) is 36.8 Å². The zero-order valence-corrected chi connectivity index (χ0v) is 19.4. The maximum atomic E-state index is 10.8. The highest BCUT2D eigenvalue weighted by Crippen LogP contribution is 2.34. The van der Waals surface area contributed by atoms with Crippen LogP contribution in [-0.2, 0) is 22.5 Å². The van der Waals surface area contributed by atoms with Crippen molar-refractivity contribution in [3.05, 3.63) is 65.9 Å². The van der Waals surface area contributed by atoms with Gasteiger partial charge in [0.2, 0.25) is 0 Å². The van der Waals surface area contributed by atoms with E-state index in [0.717, 1.165) is 63.5 Å². The number of nitrogens with zero attached hydrogens (tertiary/aromatic N) is 2. The molecule has 1 fully saturated rings. The molecule has 33 heavy (non-hydrogen) atoms. The molecule has 1 N–H and O–H groups in total. The van der Waals surface area contributed by atoms with Crippen molar-refractivity contribution in [2.45, 2.75) is 38.6 Å². The molecule has 3 aromatic rings. The molecule has 6 nitrogen and oxygen atoms in total. The Kier molecular flexibility index (Phi) is 8.02. The maximum absolute atomic E-state index is 10.8. The van der Waals surface area contributed by atoms with Gasteiger partial charge in [0.25, 0.3) is 0 Å². The van der Waals surface area contributed by atoms with Gasteiger partial charge in [-0.25, -0.2) is 0 Å². The summed E-state index contributed by atoms with van der Waals surface area (Å²) in [6.07, 6.45) is 4.70. The standard InChI is InChI=1S/C27H34N2O4/c1-2-32-17-16-29-20-25(24-5-3-4-6-26(24)29)22-11-13-28(14-12-22)15-18-33-23-9-7-21(8-10-23)19-27(30)31/h3-10,20,22H,2,11-19H2,1H3,(H,30,31). The van der Waals surface area contributed by atoms with Crippen molar-refractivity contribution >= 4 is 16.9 Å². The molecule has 1 saturated heterocycles. The normalized spacial score (nSPS) is 15.2. The summed E-state index contributed by atoms with van der Waals surface area (Å²) in [5.41, 5.74) is 3.56. The Morgan fingerprint density at radius 1 is 1.03 bits per heavy atom. The zero-order chi connectivity index (χ0) is 23.0. The van der Waals surface area contributed by atoms with E-state index in [0.29, 0.717) is 12.5 Å². The van der Waals surface area contributed by atoms with E-state index in [1.165, 1.54) is 16.5 Å². The number of aliphatic carboxylic acids is 1. The Hall–Kier alpha value is -2.83. The quantitative estimate of drug-likeness (QED) is 0.434. The summed E-state index contributed by atoms with van der Waals surface area (Å²) in [5, 5.41) is 10.2. The molecule has 0 unspecified atom stereocenters. The SMILES string of the molecule is CCOCCn1cc(C2CCN(CCOc3ccc(CC(=O)O)cc3)CC2)c2ccccc21. The molecule has 0 bridgehead atoms. The fourth-order valence-corrected chi connectivity index (χ4v) is 4.73. The lowest BCUT2D eigenvalue weighted by Gasteiger charge is -2.31. The van der Waals surface area contributed by atoms with E-state index in [4.69, 9.17) is 14.6 Å². The number of carbonyl (C=O) groups is 1. The molecular formula is C27H34N2O4. The van der Waals surface area contributed by atoms with Crippen LogP contribution in [0.4, 0.5) is 0 Å². The van der Waals surface area contributed by atoms with E-state index in [1.807, 2.05) is 31.2 Å². The first-order valence-electron chi connectivity index (χ1n) is 12.0. The smallest absolute Gasteiger partial charge is 0.307 e. The Morgan fingerprint density at radius 3 is 2.52 bits per heavy atom. The van der Waals surface area contributed by atoms with Gasteiger partial charge in [-0.2, -0.15) is 0 Å². The summed E-state index contributed by atoms with van der Waals surface area (Å²) in [7, 11) is 0. The molecule has 0 aliphatic carbocycles. The van der Waals surface area contributed by atoms with Gasteiger partial charge in [-0.05, 0) is 68.1 Å². The molecule has 1 aliphatic rings. The fraction of sp³-hybridized carbons (Fsp3) is 0.444. The highest BCUT2D eigenvalue weighted by molar-refractivity contribution is 5.84. The van der Waals surface area contributed by atoms with E-state index >= 15 is 0 Å². The predicted molar refractivity (Wildman–Crippen MR) is 130 cm³/mol. The van der Waals surface area contributed by atoms with Crippen molar-refractivity contribution in [2.75, 3.05) is 39.5 Å². The van der Waals surface area contributed by atoms with Crippen LogP contribution in [0.25, 0.3) is 10.9 Å². The topological polar surface area (TPSA) is 63.9 Å². The molecule has 0 saturated carbocycles.